The van der Waals surface area contributed by atoms with Gasteiger partial charge >= 0.3 is 0 Å². The highest BCUT2D eigenvalue weighted by atomic mass is 16.3. The molecule has 116 valence electrons. The summed E-state index contributed by atoms with van der Waals surface area (Å²) >= 11 is 0. The monoisotopic (exact) mass is 290 g/mol. The lowest BCUT2D eigenvalue weighted by molar-refractivity contribution is -0.118. The predicted molar refractivity (Wildman–Crippen MR) is 85.0 cm³/mol. The van der Waals surface area contributed by atoms with Gasteiger partial charge in [-0.2, -0.15) is 0 Å². The van der Waals surface area contributed by atoms with Crippen molar-refractivity contribution in [2.24, 2.45) is 11.8 Å². The van der Waals surface area contributed by atoms with Crippen LogP contribution in [0.25, 0.3) is 0 Å². The van der Waals surface area contributed by atoms with Gasteiger partial charge in [0.1, 0.15) is 0 Å². The first kappa shape index (κ1) is 16.0. The van der Waals surface area contributed by atoms with Crippen LogP contribution in [0.5, 0.6) is 0 Å². The van der Waals surface area contributed by atoms with E-state index in [9.17, 15) is 9.90 Å². The number of carbonyl (C=O) groups is 1. The van der Waals surface area contributed by atoms with E-state index < -0.39 is 0 Å². The lowest BCUT2D eigenvalue weighted by Gasteiger charge is -2.31. The standard InChI is InChI=1S/C17H26N2O2/c1-13(2)17(21)18-16-5-3-4-15(10-16)11-19-8-6-14(12-20)7-9-19/h3-5,10,13-14,20H,6-9,11-12H2,1-2H3,(H,18,21). The number of hydrogen-bond donors (Lipinski definition) is 2. The highest BCUT2D eigenvalue weighted by molar-refractivity contribution is 5.92. The van der Waals surface area contributed by atoms with Gasteiger partial charge in [-0.25, -0.2) is 0 Å². The number of nitrogens with zero attached hydrogens (tertiary/aromatic N) is 1. The van der Waals surface area contributed by atoms with E-state index in [1.807, 2.05) is 26.0 Å². The van der Waals surface area contributed by atoms with E-state index in [1.54, 1.807) is 0 Å². The molecule has 1 aromatic carbocycles. The quantitative estimate of drug-likeness (QED) is 0.876. The lowest BCUT2D eigenvalue weighted by atomic mass is 9.97. The molecule has 21 heavy (non-hydrogen) atoms. The Labute approximate surface area is 127 Å². The second-order valence-corrected chi connectivity index (χ2v) is 6.25. The minimum absolute atomic E-state index is 0.00818. The third-order valence-electron chi connectivity index (χ3n) is 4.09. The van der Waals surface area contributed by atoms with Crippen LogP contribution in [0.2, 0.25) is 0 Å². The van der Waals surface area contributed by atoms with Crippen LogP contribution >= 0.6 is 0 Å². The molecule has 0 spiro atoms. The predicted octanol–water partition coefficient (Wildman–Crippen LogP) is 2.49. The molecule has 1 aliphatic heterocycles. The Morgan fingerprint density at radius 1 is 1.38 bits per heavy atom. The number of aliphatic hydroxyl groups is 1. The zero-order valence-corrected chi connectivity index (χ0v) is 13.0. The number of rotatable bonds is 5. The molecule has 0 atom stereocenters. The molecular weight excluding hydrogens is 264 g/mol. The van der Waals surface area contributed by atoms with Crippen molar-refractivity contribution in [3.05, 3.63) is 29.8 Å². The molecule has 0 saturated carbocycles. The fourth-order valence-corrected chi connectivity index (χ4v) is 2.62. The van der Waals surface area contributed by atoms with E-state index in [0.717, 1.165) is 38.2 Å². The van der Waals surface area contributed by atoms with Crippen LogP contribution in [-0.2, 0) is 11.3 Å². The maximum absolute atomic E-state index is 11.7. The van der Waals surface area contributed by atoms with Crippen molar-refractivity contribution in [2.45, 2.75) is 33.2 Å². The van der Waals surface area contributed by atoms with Crippen LogP contribution in [0, 0.1) is 11.8 Å². The third kappa shape index (κ3) is 4.83. The molecule has 4 heteroatoms. The molecule has 1 amide bonds. The van der Waals surface area contributed by atoms with Gasteiger partial charge in [0.25, 0.3) is 0 Å². The third-order valence-corrected chi connectivity index (χ3v) is 4.09. The molecule has 1 heterocycles. The highest BCUT2D eigenvalue weighted by Gasteiger charge is 2.18. The average Bonchev–Trinajstić information content (AvgIpc) is 2.48. The second-order valence-electron chi connectivity index (χ2n) is 6.25. The molecular formula is C17H26N2O2. The number of carbonyl (C=O) groups excluding carboxylic acids is 1. The molecule has 2 rings (SSSR count). The fraction of sp³-hybridized carbons (Fsp3) is 0.588. The highest BCUT2D eigenvalue weighted by Crippen LogP contribution is 2.20. The van der Waals surface area contributed by atoms with Crippen molar-refractivity contribution in [2.75, 3.05) is 25.0 Å². The van der Waals surface area contributed by atoms with Crippen molar-refractivity contribution in [1.29, 1.82) is 0 Å². The number of benzene rings is 1. The Kier molecular flexibility index (Phi) is 5.76. The first-order valence-electron chi connectivity index (χ1n) is 7.81. The lowest BCUT2D eigenvalue weighted by Crippen LogP contribution is -2.34. The van der Waals surface area contributed by atoms with Crippen LogP contribution in [-0.4, -0.2) is 35.6 Å². The molecule has 1 saturated heterocycles. The van der Waals surface area contributed by atoms with E-state index in [-0.39, 0.29) is 11.8 Å². The maximum Gasteiger partial charge on any atom is 0.226 e. The van der Waals surface area contributed by atoms with Crippen molar-refractivity contribution in [3.8, 4) is 0 Å². The summed E-state index contributed by atoms with van der Waals surface area (Å²) in [4.78, 5) is 14.1. The van der Waals surface area contributed by atoms with Crippen LogP contribution in [0.15, 0.2) is 24.3 Å². The smallest absolute Gasteiger partial charge is 0.226 e. The Bertz CT molecular complexity index is 466. The molecule has 0 unspecified atom stereocenters. The summed E-state index contributed by atoms with van der Waals surface area (Å²) in [6.07, 6.45) is 2.14. The van der Waals surface area contributed by atoms with Gasteiger partial charge in [0, 0.05) is 24.8 Å². The molecule has 0 bridgehead atoms. The van der Waals surface area contributed by atoms with Gasteiger partial charge in [0.2, 0.25) is 5.91 Å². The minimum atomic E-state index is -0.00818. The van der Waals surface area contributed by atoms with Crippen molar-refractivity contribution in [1.82, 2.24) is 4.90 Å². The number of likely N-dealkylation sites (tertiary alicyclic amines) is 1. The molecule has 2 N–H and O–H groups in total. The zero-order chi connectivity index (χ0) is 15.2. The average molecular weight is 290 g/mol. The van der Waals surface area contributed by atoms with E-state index in [0.29, 0.717) is 12.5 Å². The summed E-state index contributed by atoms with van der Waals surface area (Å²) in [6, 6.07) is 8.08. The summed E-state index contributed by atoms with van der Waals surface area (Å²) in [6.45, 7) is 7.07. The van der Waals surface area contributed by atoms with Gasteiger partial charge in [0.05, 0.1) is 0 Å². The summed E-state index contributed by atoms with van der Waals surface area (Å²) in [5.74, 6) is 0.514. The molecule has 0 aliphatic carbocycles. The van der Waals surface area contributed by atoms with Gasteiger partial charge in [-0.15, -0.1) is 0 Å². The van der Waals surface area contributed by atoms with Crippen molar-refractivity contribution < 1.29 is 9.90 Å². The van der Waals surface area contributed by atoms with Crippen LogP contribution in [0.1, 0.15) is 32.3 Å². The van der Waals surface area contributed by atoms with E-state index in [4.69, 9.17) is 0 Å². The molecule has 0 radical (unpaired) electrons. The SMILES string of the molecule is CC(C)C(=O)Nc1cccc(CN2CCC(CO)CC2)c1. The Morgan fingerprint density at radius 2 is 2.10 bits per heavy atom. The topological polar surface area (TPSA) is 52.6 Å². The van der Waals surface area contributed by atoms with Crippen LogP contribution in [0.4, 0.5) is 5.69 Å². The number of nitrogens with one attached hydrogen (secondary N) is 1. The summed E-state index contributed by atoms with van der Waals surface area (Å²) < 4.78 is 0. The maximum atomic E-state index is 11.7. The summed E-state index contributed by atoms with van der Waals surface area (Å²) in [7, 11) is 0. The zero-order valence-electron chi connectivity index (χ0n) is 13.0. The van der Waals surface area contributed by atoms with Gasteiger partial charge < -0.3 is 10.4 Å². The Hall–Kier alpha value is -1.39. The second kappa shape index (κ2) is 7.57. The van der Waals surface area contributed by atoms with Gasteiger partial charge in [-0.05, 0) is 49.5 Å². The Balaban J connectivity index is 1.91. The summed E-state index contributed by atoms with van der Waals surface area (Å²) in [5.41, 5.74) is 2.09. The number of piperidine rings is 1. The minimum Gasteiger partial charge on any atom is -0.396 e. The fourth-order valence-electron chi connectivity index (χ4n) is 2.62. The molecule has 1 aromatic rings. The van der Waals surface area contributed by atoms with Gasteiger partial charge in [-0.1, -0.05) is 26.0 Å². The van der Waals surface area contributed by atoms with Gasteiger partial charge in [-0.3, -0.25) is 9.69 Å². The summed E-state index contributed by atoms with van der Waals surface area (Å²) in [5, 5.41) is 12.1. The number of anilines is 1. The van der Waals surface area contributed by atoms with Crippen molar-refractivity contribution >= 4 is 11.6 Å². The molecule has 1 fully saturated rings. The largest absolute Gasteiger partial charge is 0.396 e. The Morgan fingerprint density at radius 3 is 2.71 bits per heavy atom. The first-order valence-corrected chi connectivity index (χ1v) is 7.81. The normalized spacial score (nSPS) is 17.1. The van der Waals surface area contributed by atoms with E-state index in [2.05, 4.69) is 22.3 Å². The number of amides is 1. The molecule has 1 aliphatic rings. The molecule has 4 nitrogen and oxygen atoms in total. The van der Waals surface area contributed by atoms with E-state index >= 15 is 0 Å². The van der Waals surface area contributed by atoms with Gasteiger partial charge in [0.15, 0.2) is 0 Å². The first-order chi connectivity index (χ1) is 10.1. The molecule has 0 aromatic heterocycles. The van der Waals surface area contributed by atoms with Crippen molar-refractivity contribution in [3.63, 3.8) is 0 Å². The number of hydrogen-bond acceptors (Lipinski definition) is 3. The van der Waals surface area contributed by atoms with Crippen LogP contribution < -0.4 is 5.32 Å². The number of aliphatic hydroxyl groups excluding tert-OH is 1. The van der Waals surface area contributed by atoms with E-state index in [1.165, 1.54) is 5.56 Å². The van der Waals surface area contributed by atoms with Crippen LogP contribution in [0.3, 0.4) is 0 Å².